The number of thiazole rings is 1. The third-order valence-electron chi connectivity index (χ3n) is 3.05. The number of nitrogens with zero attached hydrogens (tertiary/aromatic N) is 3. The fourth-order valence-corrected chi connectivity index (χ4v) is 3.66. The maximum absolute atomic E-state index is 12.0. The lowest BCUT2D eigenvalue weighted by Crippen LogP contribution is -2.23. The number of thiophene rings is 1. The topological polar surface area (TPSA) is 67.8 Å². The summed E-state index contributed by atoms with van der Waals surface area (Å²) in [4.78, 5) is 27.0. The standard InChI is InChI=1S/C15H14N4OS2/c1-9-6-17-11(7-16-9)14(20)18-8-13-10(2)19-15(22-13)12-4-3-5-21-12/h3-7H,8H2,1-2H3,(H,18,20). The van der Waals surface area contributed by atoms with Crippen LogP contribution in [-0.2, 0) is 6.54 Å². The zero-order chi connectivity index (χ0) is 15.5. The highest BCUT2D eigenvalue weighted by Gasteiger charge is 2.12. The van der Waals surface area contributed by atoms with E-state index in [2.05, 4.69) is 20.3 Å². The number of aryl methyl sites for hydroxylation is 2. The van der Waals surface area contributed by atoms with Crippen molar-refractivity contribution in [3.63, 3.8) is 0 Å². The average Bonchev–Trinajstić information content (AvgIpc) is 3.15. The van der Waals surface area contributed by atoms with E-state index >= 15 is 0 Å². The summed E-state index contributed by atoms with van der Waals surface area (Å²) in [6.07, 6.45) is 3.07. The molecule has 0 bridgehead atoms. The van der Waals surface area contributed by atoms with Gasteiger partial charge in [0.25, 0.3) is 5.91 Å². The maximum atomic E-state index is 12.0. The van der Waals surface area contributed by atoms with Crippen molar-refractivity contribution < 1.29 is 4.79 Å². The summed E-state index contributed by atoms with van der Waals surface area (Å²) < 4.78 is 0. The van der Waals surface area contributed by atoms with Crippen LogP contribution >= 0.6 is 22.7 Å². The van der Waals surface area contributed by atoms with Crippen LogP contribution in [0, 0.1) is 13.8 Å². The molecule has 0 fully saturated rings. The Labute approximate surface area is 136 Å². The van der Waals surface area contributed by atoms with E-state index in [4.69, 9.17) is 0 Å². The van der Waals surface area contributed by atoms with Gasteiger partial charge in [-0.3, -0.25) is 9.78 Å². The van der Waals surface area contributed by atoms with Crippen molar-refractivity contribution >= 4 is 28.6 Å². The minimum Gasteiger partial charge on any atom is -0.346 e. The Hall–Kier alpha value is -2.12. The molecule has 1 amide bonds. The number of carbonyl (C=O) groups is 1. The van der Waals surface area contributed by atoms with Crippen LogP contribution in [0.4, 0.5) is 0 Å². The predicted octanol–water partition coefficient (Wildman–Crippen LogP) is 3.21. The molecule has 0 aliphatic heterocycles. The summed E-state index contributed by atoms with van der Waals surface area (Å²) in [5.74, 6) is -0.224. The van der Waals surface area contributed by atoms with Crippen LogP contribution in [-0.4, -0.2) is 20.9 Å². The van der Waals surface area contributed by atoms with Gasteiger partial charge in [-0.1, -0.05) is 6.07 Å². The first kappa shape index (κ1) is 14.8. The van der Waals surface area contributed by atoms with Crippen LogP contribution in [0.3, 0.4) is 0 Å². The normalized spacial score (nSPS) is 10.6. The van der Waals surface area contributed by atoms with Crippen LogP contribution < -0.4 is 5.32 Å². The summed E-state index contributed by atoms with van der Waals surface area (Å²) in [7, 11) is 0. The first-order chi connectivity index (χ1) is 10.6. The van der Waals surface area contributed by atoms with Gasteiger partial charge in [0.05, 0.1) is 29.0 Å². The van der Waals surface area contributed by atoms with E-state index in [0.717, 1.165) is 26.1 Å². The minimum atomic E-state index is -0.224. The van der Waals surface area contributed by atoms with E-state index in [9.17, 15) is 4.79 Å². The molecule has 0 aliphatic carbocycles. The Morgan fingerprint density at radius 3 is 2.82 bits per heavy atom. The zero-order valence-electron chi connectivity index (χ0n) is 12.2. The number of amides is 1. The van der Waals surface area contributed by atoms with Gasteiger partial charge in [0.2, 0.25) is 0 Å². The fourth-order valence-electron chi connectivity index (χ4n) is 1.86. The van der Waals surface area contributed by atoms with Gasteiger partial charge in [0, 0.05) is 11.1 Å². The van der Waals surface area contributed by atoms with Crippen molar-refractivity contribution in [3.8, 4) is 9.88 Å². The highest BCUT2D eigenvalue weighted by molar-refractivity contribution is 7.21. The molecule has 7 heteroatoms. The van der Waals surface area contributed by atoms with Gasteiger partial charge >= 0.3 is 0 Å². The molecule has 0 saturated carbocycles. The van der Waals surface area contributed by atoms with Gasteiger partial charge < -0.3 is 5.32 Å². The van der Waals surface area contributed by atoms with Gasteiger partial charge in [0.15, 0.2) is 0 Å². The molecule has 5 nitrogen and oxygen atoms in total. The lowest BCUT2D eigenvalue weighted by Gasteiger charge is -2.03. The Kier molecular flexibility index (Phi) is 4.26. The molecule has 0 atom stereocenters. The number of rotatable bonds is 4. The van der Waals surface area contributed by atoms with Crippen molar-refractivity contribution in [2.75, 3.05) is 0 Å². The molecule has 0 saturated heterocycles. The van der Waals surface area contributed by atoms with Gasteiger partial charge in [-0.15, -0.1) is 22.7 Å². The summed E-state index contributed by atoms with van der Waals surface area (Å²) in [5.41, 5.74) is 2.06. The Morgan fingerprint density at radius 2 is 2.14 bits per heavy atom. The van der Waals surface area contributed by atoms with Crippen molar-refractivity contribution in [1.82, 2.24) is 20.3 Å². The van der Waals surface area contributed by atoms with Crippen LogP contribution in [0.2, 0.25) is 0 Å². The average molecular weight is 330 g/mol. The van der Waals surface area contributed by atoms with Gasteiger partial charge in [-0.05, 0) is 25.3 Å². The van der Waals surface area contributed by atoms with Gasteiger partial charge in [-0.25, -0.2) is 9.97 Å². The van der Waals surface area contributed by atoms with Crippen LogP contribution in [0.5, 0.6) is 0 Å². The summed E-state index contributed by atoms with van der Waals surface area (Å²) in [6.45, 7) is 4.24. The first-order valence-corrected chi connectivity index (χ1v) is 8.40. The van der Waals surface area contributed by atoms with Crippen molar-refractivity contribution in [2.45, 2.75) is 20.4 Å². The molecule has 0 unspecified atom stereocenters. The van der Waals surface area contributed by atoms with Gasteiger partial charge in [0.1, 0.15) is 10.7 Å². The second-order valence-electron chi connectivity index (χ2n) is 4.73. The molecule has 3 aromatic heterocycles. The quantitative estimate of drug-likeness (QED) is 0.797. The monoisotopic (exact) mass is 330 g/mol. The molecule has 1 N–H and O–H groups in total. The van der Waals surface area contributed by atoms with Crippen LogP contribution in [0.25, 0.3) is 9.88 Å². The highest BCUT2D eigenvalue weighted by atomic mass is 32.1. The smallest absolute Gasteiger partial charge is 0.271 e. The number of carbonyl (C=O) groups excluding carboxylic acids is 1. The van der Waals surface area contributed by atoms with E-state index in [1.807, 2.05) is 31.4 Å². The van der Waals surface area contributed by atoms with Gasteiger partial charge in [-0.2, -0.15) is 0 Å². The highest BCUT2D eigenvalue weighted by Crippen LogP contribution is 2.30. The lowest BCUT2D eigenvalue weighted by molar-refractivity contribution is 0.0946. The van der Waals surface area contributed by atoms with Crippen LogP contribution in [0.1, 0.15) is 26.8 Å². The Bertz CT molecular complexity index is 778. The number of hydrogen-bond donors (Lipinski definition) is 1. The molecule has 22 heavy (non-hydrogen) atoms. The Balaban J connectivity index is 1.69. The Morgan fingerprint density at radius 1 is 1.27 bits per heavy atom. The van der Waals surface area contributed by atoms with E-state index in [0.29, 0.717) is 12.2 Å². The molecule has 0 aromatic carbocycles. The van der Waals surface area contributed by atoms with E-state index in [1.54, 1.807) is 28.9 Å². The number of aromatic nitrogens is 3. The lowest BCUT2D eigenvalue weighted by atomic mass is 10.3. The zero-order valence-corrected chi connectivity index (χ0v) is 13.8. The second-order valence-corrected chi connectivity index (χ2v) is 6.76. The van der Waals surface area contributed by atoms with E-state index < -0.39 is 0 Å². The van der Waals surface area contributed by atoms with Crippen molar-refractivity contribution in [1.29, 1.82) is 0 Å². The van der Waals surface area contributed by atoms with Crippen molar-refractivity contribution in [2.24, 2.45) is 0 Å². The molecule has 3 rings (SSSR count). The molecule has 0 spiro atoms. The summed E-state index contributed by atoms with van der Waals surface area (Å²) >= 11 is 3.27. The molecular weight excluding hydrogens is 316 g/mol. The maximum Gasteiger partial charge on any atom is 0.271 e. The van der Waals surface area contributed by atoms with Crippen LogP contribution in [0.15, 0.2) is 29.9 Å². The molecule has 3 aromatic rings. The number of hydrogen-bond acceptors (Lipinski definition) is 6. The molecule has 3 heterocycles. The molecule has 112 valence electrons. The van der Waals surface area contributed by atoms with Crippen molar-refractivity contribution in [3.05, 3.63) is 51.9 Å². The first-order valence-electron chi connectivity index (χ1n) is 6.70. The summed E-state index contributed by atoms with van der Waals surface area (Å²) in [6, 6.07) is 4.06. The molecule has 0 aliphatic rings. The minimum absolute atomic E-state index is 0.224. The largest absolute Gasteiger partial charge is 0.346 e. The predicted molar refractivity (Wildman–Crippen MR) is 88.1 cm³/mol. The SMILES string of the molecule is Cc1cnc(C(=O)NCc2sc(-c3cccs3)nc2C)cn1. The second kappa shape index (κ2) is 6.33. The van der Waals surface area contributed by atoms with E-state index in [-0.39, 0.29) is 5.91 Å². The molecule has 0 radical (unpaired) electrons. The fraction of sp³-hybridized carbons (Fsp3) is 0.200. The summed E-state index contributed by atoms with van der Waals surface area (Å²) in [5, 5.41) is 5.89. The third kappa shape index (κ3) is 3.20. The molecular formula is C15H14N4OS2. The third-order valence-corrected chi connectivity index (χ3v) is 5.24. The number of nitrogens with one attached hydrogen (secondary N) is 1. The van der Waals surface area contributed by atoms with E-state index in [1.165, 1.54) is 6.20 Å².